The number of aryl methyl sites for hydroxylation is 1. The summed E-state index contributed by atoms with van der Waals surface area (Å²) in [6.07, 6.45) is 9.85. The van der Waals surface area contributed by atoms with Gasteiger partial charge < -0.3 is 0 Å². The van der Waals surface area contributed by atoms with Gasteiger partial charge in [0.05, 0.1) is 6.20 Å². The number of rotatable bonds is 10. The molecule has 0 aliphatic heterocycles. The maximum absolute atomic E-state index is 11.9. The molecule has 1 heterocycles. The number of sulfonamides is 1. The fourth-order valence-electron chi connectivity index (χ4n) is 1.85. The van der Waals surface area contributed by atoms with Gasteiger partial charge in [0.2, 0.25) is 10.0 Å². The third kappa shape index (κ3) is 5.74. The summed E-state index contributed by atoms with van der Waals surface area (Å²) < 4.78 is 28.1. The molecular formula is C13H25N3O2S. The van der Waals surface area contributed by atoms with Crippen LogP contribution in [0, 0.1) is 0 Å². The molecule has 110 valence electrons. The average molecular weight is 287 g/mol. The molecule has 0 saturated heterocycles. The van der Waals surface area contributed by atoms with Crippen molar-refractivity contribution in [1.29, 1.82) is 0 Å². The summed E-state index contributed by atoms with van der Waals surface area (Å²) >= 11 is 0. The minimum Gasteiger partial charge on any atom is -0.272 e. The van der Waals surface area contributed by atoms with Crippen molar-refractivity contribution in [2.24, 2.45) is 0 Å². The summed E-state index contributed by atoms with van der Waals surface area (Å²) in [5, 5.41) is 3.98. The fourth-order valence-corrected chi connectivity index (χ4v) is 2.88. The molecule has 0 bridgehead atoms. The molecule has 0 saturated carbocycles. The number of nitrogens with one attached hydrogen (secondary N) is 1. The third-order valence-corrected chi connectivity index (χ3v) is 4.48. The third-order valence-electron chi connectivity index (χ3n) is 3.07. The van der Waals surface area contributed by atoms with Crippen LogP contribution in [-0.4, -0.2) is 24.7 Å². The van der Waals surface area contributed by atoms with Crippen LogP contribution in [0.1, 0.15) is 52.4 Å². The van der Waals surface area contributed by atoms with Gasteiger partial charge in [-0.3, -0.25) is 4.68 Å². The molecule has 0 aliphatic rings. The first kappa shape index (κ1) is 16.2. The summed E-state index contributed by atoms with van der Waals surface area (Å²) in [6.45, 7) is 5.29. The van der Waals surface area contributed by atoms with E-state index in [2.05, 4.69) is 16.7 Å². The van der Waals surface area contributed by atoms with Gasteiger partial charge in [0.25, 0.3) is 0 Å². The Morgan fingerprint density at radius 2 is 1.84 bits per heavy atom. The Morgan fingerprint density at radius 1 is 1.16 bits per heavy atom. The highest BCUT2D eigenvalue weighted by Crippen LogP contribution is 2.08. The van der Waals surface area contributed by atoms with Crippen molar-refractivity contribution < 1.29 is 8.42 Å². The monoisotopic (exact) mass is 287 g/mol. The predicted molar refractivity (Wildman–Crippen MR) is 76.5 cm³/mol. The Hall–Kier alpha value is -0.880. The zero-order valence-corrected chi connectivity index (χ0v) is 12.7. The predicted octanol–water partition coefficient (Wildman–Crippen LogP) is 2.54. The lowest BCUT2D eigenvalue weighted by atomic mass is 10.1. The van der Waals surface area contributed by atoms with Gasteiger partial charge in [0, 0.05) is 19.3 Å². The molecule has 1 aromatic heterocycles. The van der Waals surface area contributed by atoms with Crippen LogP contribution in [0.25, 0.3) is 0 Å². The van der Waals surface area contributed by atoms with Crippen molar-refractivity contribution in [2.45, 2.75) is 63.8 Å². The van der Waals surface area contributed by atoms with Gasteiger partial charge in [-0.1, -0.05) is 39.0 Å². The van der Waals surface area contributed by atoms with Gasteiger partial charge in [-0.25, -0.2) is 13.1 Å². The summed E-state index contributed by atoms with van der Waals surface area (Å²) in [5.41, 5.74) is 0. The van der Waals surface area contributed by atoms with Gasteiger partial charge in [-0.05, 0) is 13.3 Å². The highest BCUT2D eigenvalue weighted by molar-refractivity contribution is 7.89. The van der Waals surface area contributed by atoms with Crippen LogP contribution in [0.5, 0.6) is 0 Å². The van der Waals surface area contributed by atoms with E-state index in [1.807, 2.05) is 6.92 Å². The molecule has 0 fully saturated rings. The smallest absolute Gasteiger partial charge is 0.243 e. The lowest BCUT2D eigenvalue weighted by Gasteiger charge is -2.04. The number of aromatic nitrogens is 2. The van der Waals surface area contributed by atoms with Crippen LogP contribution in [0.3, 0.4) is 0 Å². The average Bonchev–Trinajstić information content (AvgIpc) is 2.87. The van der Waals surface area contributed by atoms with Gasteiger partial charge in [-0.15, -0.1) is 0 Å². The second-order valence-corrected chi connectivity index (χ2v) is 6.46. The second kappa shape index (κ2) is 8.32. The molecule has 1 rings (SSSR count). The van der Waals surface area contributed by atoms with Gasteiger partial charge in [-0.2, -0.15) is 5.10 Å². The van der Waals surface area contributed by atoms with Gasteiger partial charge in [0.15, 0.2) is 0 Å². The lowest BCUT2D eigenvalue weighted by molar-refractivity contribution is 0.567. The maximum Gasteiger partial charge on any atom is 0.243 e. The highest BCUT2D eigenvalue weighted by Gasteiger charge is 2.15. The van der Waals surface area contributed by atoms with E-state index in [0.29, 0.717) is 13.1 Å². The van der Waals surface area contributed by atoms with E-state index in [-0.39, 0.29) is 4.90 Å². The van der Waals surface area contributed by atoms with Crippen LogP contribution >= 0.6 is 0 Å². The van der Waals surface area contributed by atoms with Gasteiger partial charge >= 0.3 is 0 Å². The van der Waals surface area contributed by atoms with Crippen LogP contribution < -0.4 is 4.72 Å². The molecule has 0 unspecified atom stereocenters. The molecule has 0 aromatic carbocycles. The zero-order chi connectivity index (χ0) is 14.1. The van der Waals surface area contributed by atoms with E-state index in [1.165, 1.54) is 31.9 Å². The molecule has 1 aromatic rings. The fraction of sp³-hybridized carbons (Fsp3) is 0.769. The summed E-state index contributed by atoms with van der Waals surface area (Å²) in [4.78, 5) is 0.250. The van der Waals surface area contributed by atoms with Gasteiger partial charge in [0.1, 0.15) is 4.90 Å². The van der Waals surface area contributed by atoms with E-state index < -0.39 is 10.0 Å². The Kier molecular flexibility index (Phi) is 7.09. The first-order valence-corrected chi connectivity index (χ1v) is 8.60. The van der Waals surface area contributed by atoms with E-state index in [1.54, 1.807) is 10.9 Å². The SMILES string of the molecule is CCCCCCCCNS(=O)(=O)c1cnn(CC)c1. The Labute approximate surface area is 116 Å². The second-order valence-electron chi connectivity index (χ2n) is 4.70. The van der Waals surface area contributed by atoms with Crippen molar-refractivity contribution in [1.82, 2.24) is 14.5 Å². The molecule has 6 heteroatoms. The lowest BCUT2D eigenvalue weighted by Crippen LogP contribution is -2.24. The molecular weight excluding hydrogens is 262 g/mol. The van der Waals surface area contributed by atoms with Crippen molar-refractivity contribution in [2.75, 3.05) is 6.54 Å². The molecule has 19 heavy (non-hydrogen) atoms. The van der Waals surface area contributed by atoms with Crippen molar-refractivity contribution in [3.05, 3.63) is 12.4 Å². The standard InChI is InChI=1S/C13H25N3O2S/c1-3-5-6-7-8-9-10-15-19(17,18)13-11-14-16(4-2)12-13/h11-12,15H,3-10H2,1-2H3. The van der Waals surface area contributed by atoms with Crippen molar-refractivity contribution >= 4 is 10.0 Å². The molecule has 0 spiro atoms. The van der Waals surface area contributed by atoms with Crippen LogP contribution in [0.4, 0.5) is 0 Å². The number of unbranched alkanes of at least 4 members (excludes halogenated alkanes) is 5. The quantitative estimate of drug-likeness (QED) is 0.673. The first-order valence-electron chi connectivity index (χ1n) is 7.12. The highest BCUT2D eigenvalue weighted by atomic mass is 32.2. The summed E-state index contributed by atoms with van der Waals surface area (Å²) in [7, 11) is -3.38. The first-order chi connectivity index (χ1) is 9.10. The Balaban J connectivity index is 2.27. The van der Waals surface area contributed by atoms with Crippen molar-refractivity contribution in [3.63, 3.8) is 0 Å². The Bertz CT molecular complexity index is 454. The van der Waals surface area contributed by atoms with Crippen molar-refractivity contribution in [3.8, 4) is 0 Å². The minimum absolute atomic E-state index is 0.250. The number of hydrogen-bond donors (Lipinski definition) is 1. The molecule has 0 atom stereocenters. The normalized spacial score (nSPS) is 11.9. The zero-order valence-electron chi connectivity index (χ0n) is 11.9. The molecule has 0 amide bonds. The summed E-state index contributed by atoms with van der Waals surface area (Å²) in [6, 6.07) is 0. The number of nitrogens with zero attached hydrogens (tertiary/aromatic N) is 2. The van der Waals surface area contributed by atoms with E-state index in [9.17, 15) is 8.42 Å². The van der Waals surface area contributed by atoms with E-state index in [4.69, 9.17) is 0 Å². The molecule has 5 nitrogen and oxygen atoms in total. The summed E-state index contributed by atoms with van der Waals surface area (Å²) in [5.74, 6) is 0. The maximum atomic E-state index is 11.9. The minimum atomic E-state index is -3.38. The Morgan fingerprint density at radius 3 is 2.47 bits per heavy atom. The molecule has 0 aliphatic carbocycles. The van der Waals surface area contributed by atoms with Crippen LogP contribution in [0.2, 0.25) is 0 Å². The van der Waals surface area contributed by atoms with E-state index >= 15 is 0 Å². The largest absolute Gasteiger partial charge is 0.272 e. The molecule has 1 N–H and O–H groups in total. The molecule has 0 radical (unpaired) electrons. The topological polar surface area (TPSA) is 64.0 Å². The van der Waals surface area contributed by atoms with Crippen LogP contribution in [-0.2, 0) is 16.6 Å². The number of hydrogen-bond acceptors (Lipinski definition) is 3. The van der Waals surface area contributed by atoms with Crippen LogP contribution in [0.15, 0.2) is 17.3 Å². The van der Waals surface area contributed by atoms with E-state index in [0.717, 1.165) is 12.8 Å².